The lowest BCUT2D eigenvalue weighted by molar-refractivity contribution is 0.0922. The van der Waals surface area contributed by atoms with Crippen molar-refractivity contribution in [1.82, 2.24) is 5.32 Å². The number of hydrogen-bond acceptors (Lipinski definition) is 2. The molecule has 1 aliphatic heterocycles. The van der Waals surface area contributed by atoms with Crippen molar-refractivity contribution in [1.29, 1.82) is 0 Å². The van der Waals surface area contributed by atoms with Gasteiger partial charge in [0.2, 0.25) is 0 Å². The van der Waals surface area contributed by atoms with E-state index in [9.17, 15) is 5.11 Å². The second-order valence-corrected chi connectivity index (χ2v) is 4.54. The van der Waals surface area contributed by atoms with Crippen LogP contribution in [0.15, 0.2) is 24.3 Å². The van der Waals surface area contributed by atoms with Crippen LogP contribution in [-0.4, -0.2) is 18.2 Å². The second kappa shape index (κ2) is 4.97. The molecule has 1 aromatic rings. The van der Waals surface area contributed by atoms with Gasteiger partial charge in [-0.25, -0.2) is 0 Å². The van der Waals surface area contributed by atoms with E-state index in [0.29, 0.717) is 10.9 Å². The number of benzene rings is 1. The quantitative estimate of drug-likeness (QED) is 0.810. The van der Waals surface area contributed by atoms with Gasteiger partial charge in [0.1, 0.15) is 0 Å². The number of aliphatic hydroxyl groups is 1. The van der Waals surface area contributed by atoms with Crippen LogP contribution in [0.5, 0.6) is 0 Å². The molecule has 3 heteroatoms. The van der Waals surface area contributed by atoms with Crippen molar-refractivity contribution in [2.75, 3.05) is 13.1 Å². The van der Waals surface area contributed by atoms with Gasteiger partial charge in [-0.3, -0.25) is 0 Å². The number of rotatable bonds is 2. The van der Waals surface area contributed by atoms with Gasteiger partial charge in [0.25, 0.3) is 0 Å². The van der Waals surface area contributed by atoms with E-state index in [2.05, 4.69) is 5.32 Å². The van der Waals surface area contributed by atoms with E-state index in [0.717, 1.165) is 31.5 Å². The van der Waals surface area contributed by atoms with E-state index in [1.54, 1.807) is 0 Å². The molecule has 2 rings (SSSR count). The van der Waals surface area contributed by atoms with Crippen molar-refractivity contribution in [3.8, 4) is 0 Å². The SMILES string of the molecule is OC(c1cccc(Cl)c1)[C@@H]1CCCNC1. The molecule has 2 N–H and O–H groups in total. The van der Waals surface area contributed by atoms with Gasteiger partial charge in [0, 0.05) is 17.5 Å². The molecular formula is C12H16ClNO. The standard InChI is InChI=1S/C12H16ClNO/c13-11-5-1-3-9(7-11)12(15)10-4-2-6-14-8-10/h1,3,5,7,10,12,14-15H,2,4,6,8H2/t10-,12?/m1/s1. The summed E-state index contributed by atoms with van der Waals surface area (Å²) in [6.45, 7) is 1.96. The van der Waals surface area contributed by atoms with Gasteiger partial charge >= 0.3 is 0 Å². The molecular weight excluding hydrogens is 210 g/mol. The minimum atomic E-state index is -0.392. The highest BCUT2D eigenvalue weighted by Gasteiger charge is 2.22. The number of nitrogens with one attached hydrogen (secondary N) is 1. The smallest absolute Gasteiger partial charge is 0.0830 e. The van der Waals surface area contributed by atoms with Gasteiger partial charge in [-0.05, 0) is 37.1 Å². The van der Waals surface area contributed by atoms with Crippen molar-refractivity contribution >= 4 is 11.6 Å². The van der Waals surface area contributed by atoms with Crippen LogP contribution in [0.25, 0.3) is 0 Å². The Hall–Kier alpha value is -0.570. The molecule has 15 heavy (non-hydrogen) atoms. The Kier molecular flexibility index (Phi) is 3.62. The number of halogens is 1. The van der Waals surface area contributed by atoms with Gasteiger partial charge < -0.3 is 10.4 Å². The summed E-state index contributed by atoms with van der Waals surface area (Å²) in [5.74, 6) is 0.317. The Morgan fingerprint density at radius 2 is 2.33 bits per heavy atom. The van der Waals surface area contributed by atoms with E-state index in [1.165, 1.54) is 0 Å². The minimum Gasteiger partial charge on any atom is -0.388 e. The molecule has 0 radical (unpaired) electrons. The largest absolute Gasteiger partial charge is 0.388 e. The molecule has 2 nitrogen and oxygen atoms in total. The third-order valence-electron chi connectivity index (χ3n) is 2.97. The van der Waals surface area contributed by atoms with Gasteiger partial charge in [-0.1, -0.05) is 23.7 Å². The van der Waals surface area contributed by atoms with E-state index in [4.69, 9.17) is 11.6 Å². The highest BCUT2D eigenvalue weighted by atomic mass is 35.5. The summed E-state index contributed by atoms with van der Waals surface area (Å²) < 4.78 is 0. The number of aliphatic hydroxyl groups excluding tert-OH is 1. The highest BCUT2D eigenvalue weighted by molar-refractivity contribution is 6.30. The Bertz CT molecular complexity index is 323. The molecule has 1 saturated heterocycles. The monoisotopic (exact) mass is 225 g/mol. The average molecular weight is 226 g/mol. The lowest BCUT2D eigenvalue weighted by Crippen LogP contribution is -2.33. The summed E-state index contributed by atoms with van der Waals surface area (Å²) in [5.41, 5.74) is 0.927. The second-order valence-electron chi connectivity index (χ2n) is 4.11. The van der Waals surface area contributed by atoms with Crippen molar-refractivity contribution in [3.63, 3.8) is 0 Å². The van der Waals surface area contributed by atoms with Crippen LogP contribution in [0.3, 0.4) is 0 Å². The molecule has 0 spiro atoms. The summed E-state index contributed by atoms with van der Waals surface area (Å²) in [4.78, 5) is 0. The minimum absolute atomic E-state index is 0.317. The Morgan fingerprint density at radius 1 is 1.47 bits per heavy atom. The maximum atomic E-state index is 10.2. The zero-order valence-corrected chi connectivity index (χ0v) is 9.37. The number of piperidine rings is 1. The van der Waals surface area contributed by atoms with Crippen LogP contribution in [-0.2, 0) is 0 Å². The van der Waals surface area contributed by atoms with E-state index in [-0.39, 0.29) is 0 Å². The van der Waals surface area contributed by atoms with Gasteiger partial charge in [-0.15, -0.1) is 0 Å². The first-order valence-electron chi connectivity index (χ1n) is 5.41. The van der Waals surface area contributed by atoms with Crippen molar-refractivity contribution in [2.45, 2.75) is 18.9 Å². The fourth-order valence-corrected chi connectivity index (χ4v) is 2.31. The molecule has 0 aliphatic carbocycles. The summed E-state index contributed by atoms with van der Waals surface area (Å²) in [7, 11) is 0. The molecule has 1 fully saturated rings. The maximum Gasteiger partial charge on any atom is 0.0830 e. The zero-order valence-electron chi connectivity index (χ0n) is 8.62. The Labute approximate surface area is 95.3 Å². The van der Waals surface area contributed by atoms with Crippen LogP contribution in [0.4, 0.5) is 0 Å². The maximum absolute atomic E-state index is 10.2. The number of hydrogen-bond donors (Lipinski definition) is 2. The van der Waals surface area contributed by atoms with Crippen LogP contribution < -0.4 is 5.32 Å². The predicted octanol–water partition coefficient (Wildman–Crippen LogP) is 2.37. The molecule has 0 amide bonds. The fraction of sp³-hybridized carbons (Fsp3) is 0.500. The average Bonchev–Trinajstić information content (AvgIpc) is 2.29. The summed E-state index contributed by atoms with van der Waals surface area (Å²) in [6, 6.07) is 7.50. The molecule has 1 heterocycles. The molecule has 1 unspecified atom stereocenters. The Balaban J connectivity index is 2.08. The van der Waals surface area contributed by atoms with Crippen molar-refractivity contribution in [2.24, 2.45) is 5.92 Å². The third-order valence-corrected chi connectivity index (χ3v) is 3.21. The summed E-state index contributed by atoms with van der Waals surface area (Å²) in [6.07, 6.45) is 1.83. The summed E-state index contributed by atoms with van der Waals surface area (Å²) in [5, 5.41) is 14.2. The lowest BCUT2D eigenvalue weighted by atomic mass is 9.89. The van der Waals surface area contributed by atoms with Gasteiger partial charge in [0.15, 0.2) is 0 Å². The first-order chi connectivity index (χ1) is 7.27. The molecule has 0 aromatic heterocycles. The molecule has 1 aromatic carbocycles. The predicted molar refractivity (Wildman–Crippen MR) is 62.0 cm³/mol. The van der Waals surface area contributed by atoms with Crippen molar-refractivity contribution in [3.05, 3.63) is 34.9 Å². The molecule has 1 aliphatic rings. The third kappa shape index (κ3) is 2.71. The van der Waals surface area contributed by atoms with Gasteiger partial charge in [0.05, 0.1) is 6.10 Å². The lowest BCUT2D eigenvalue weighted by Gasteiger charge is -2.27. The van der Waals surface area contributed by atoms with Crippen LogP contribution >= 0.6 is 11.6 Å². The first-order valence-corrected chi connectivity index (χ1v) is 5.79. The molecule has 0 saturated carbocycles. The van der Waals surface area contributed by atoms with Crippen LogP contribution in [0, 0.1) is 5.92 Å². The molecule has 0 bridgehead atoms. The fourth-order valence-electron chi connectivity index (χ4n) is 2.11. The van der Waals surface area contributed by atoms with E-state index in [1.807, 2.05) is 24.3 Å². The van der Waals surface area contributed by atoms with Crippen LogP contribution in [0.1, 0.15) is 24.5 Å². The normalized spacial score (nSPS) is 23.7. The first kappa shape index (κ1) is 10.9. The molecule has 82 valence electrons. The van der Waals surface area contributed by atoms with Crippen molar-refractivity contribution < 1.29 is 5.11 Å². The highest BCUT2D eigenvalue weighted by Crippen LogP contribution is 2.28. The van der Waals surface area contributed by atoms with Gasteiger partial charge in [-0.2, -0.15) is 0 Å². The summed E-state index contributed by atoms with van der Waals surface area (Å²) >= 11 is 5.90. The molecule has 2 atom stereocenters. The topological polar surface area (TPSA) is 32.3 Å². The zero-order chi connectivity index (χ0) is 10.7. The van der Waals surface area contributed by atoms with E-state index >= 15 is 0 Å². The van der Waals surface area contributed by atoms with Crippen LogP contribution in [0.2, 0.25) is 5.02 Å². The Morgan fingerprint density at radius 3 is 3.00 bits per heavy atom. The van der Waals surface area contributed by atoms with E-state index < -0.39 is 6.10 Å².